The van der Waals surface area contributed by atoms with Crippen molar-refractivity contribution in [1.82, 2.24) is 4.37 Å². The predicted octanol–water partition coefficient (Wildman–Crippen LogP) is 4.90. The van der Waals surface area contributed by atoms with Crippen molar-refractivity contribution in [2.24, 2.45) is 0 Å². The maximum absolute atomic E-state index is 12.1. The molecule has 0 bridgehead atoms. The van der Waals surface area contributed by atoms with E-state index in [0.717, 1.165) is 38.6 Å². The molecular formula is C21H21NO4S. The lowest BCUT2D eigenvalue weighted by molar-refractivity contribution is 0.0596. The summed E-state index contributed by atoms with van der Waals surface area (Å²) < 4.78 is 20.1. The van der Waals surface area contributed by atoms with E-state index in [4.69, 9.17) is 14.2 Å². The SMILES string of the molecule is COC(=O)c1c(C)cc(-c2snc(C)c2-c2ccc(OC)cc2)cc1OC. The maximum Gasteiger partial charge on any atom is 0.341 e. The van der Waals surface area contributed by atoms with Gasteiger partial charge in [-0.2, -0.15) is 4.37 Å². The number of hydrogen-bond donors (Lipinski definition) is 0. The number of nitrogens with zero attached hydrogens (tertiary/aromatic N) is 1. The Labute approximate surface area is 162 Å². The zero-order valence-electron chi connectivity index (χ0n) is 16.0. The van der Waals surface area contributed by atoms with Crippen LogP contribution in [0.4, 0.5) is 0 Å². The van der Waals surface area contributed by atoms with Crippen molar-refractivity contribution in [3.05, 3.63) is 53.2 Å². The number of carbonyl (C=O) groups is 1. The Kier molecular flexibility index (Phi) is 5.46. The van der Waals surface area contributed by atoms with Crippen LogP contribution in [-0.4, -0.2) is 31.7 Å². The van der Waals surface area contributed by atoms with Gasteiger partial charge in [-0.3, -0.25) is 0 Å². The molecule has 140 valence electrons. The van der Waals surface area contributed by atoms with Gasteiger partial charge in [0.05, 0.1) is 31.9 Å². The van der Waals surface area contributed by atoms with E-state index in [9.17, 15) is 4.79 Å². The number of rotatable bonds is 5. The monoisotopic (exact) mass is 383 g/mol. The first kappa shape index (κ1) is 18.9. The van der Waals surface area contributed by atoms with Gasteiger partial charge in [0, 0.05) is 5.56 Å². The van der Waals surface area contributed by atoms with E-state index in [1.165, 1.54) is 18.6 Å². The Morgan fingerprint density at radius 2 is 1.67 bits per heavy atom. The molecule has 1 heterocycles. The highest BCUT2D eigenvalue weighted by atomic mass is 32.1. The molecule has 0 aliphatic carbocycles. The van der Waals surface area contributed by atoms with Crippen molar-refractivity contribution in [3.63, 3.8) is 0 Å². The summed E-state index contributed by atoms with van der Waals surface area (Å²) in [5, 5.41) is 0. The molecule has 0 amide bonds. The maximum atomic E-state index is 12.1. The van der Waals surface area contributed by atoms with Crippen LogP contribution in [0.3, 0.4) is 0 Å². The molecule has 6 heteroatoms. The lowest BCUT2D eigenvalue weighted by atomic mass is 9.97. The van der Waals surface area contributed by atoms with E-state index in [0.29, 0.717) is 11.3 Å². The number of methoxy groups -OCH3 is 3. The minimum atomic E-state index is -0.410. The van der Waals surface area contributed by atoms with Gasteiger partial charge in [0.15, 0.2) is 0 Å². The summed E-state index contributed by atoms with van der Waals surface area (Å²) in [4.78, 5) is 13.1. The molecule has 3 aromatic rings. The first-order valence-electron chi connectivity index (χ1n) is 8.38. The minimum Gasteiger partial charge on any atom is -0.497 e. The van der Waals surface area contributed by atoms with Gasteiger partial charge in [0.1, 0.15) is 17.1 Å². The van der Waals surface area contributed by atoms with Gasteiger partial charge in [-0.25, -0.2) is 4.79 Å². The zero-order chi connectivity index (χ0) is 19.6. The van der Waals surface area contributed by atoms with E-state index in [1.807, 2.05) is 50.2 Å². The molecule has 0 fully saturated rings. The zero-order valence-corrected chi connectivity index (χ0v) is 16.8. The summed E-state index contributed by atoms with van der Waals surface area (Å²) in [6.45, 7) is 3.87. The van der Waals surface area contributed by atoms with E-state index in [1.54, 1.807) is 14.2 Å². The third-order valence-corrected chi connectivity index (χ3v) is 5.40. The van der Waals surface area contributed by atoms with Crippen LogP contribution in [0.1, 0.15) is 21.6 Å². The van der Waals surface area contributed by atoms with Crippen molar-refractivity contribution < 1.29 is 19.0 Å². The number of benzene rings is 2. The Bertz CT molecular complexity index is 977. The summed E-state index contributed by atoms with van der Waals surface area (Å²) in [6, 6.07) is 11.7. The Hall–Kier alpha value is -2.86. The largest absolute Gasteiger partial charge is 0.497 e. The summed E-state index contributed by atoms with van der Waals surface area (Å²) in [5.74, 6) is 0.886. The number of hydrogen-bond acceptors (Lipinski definition) is 6. The van der Waals surface area contributed by atoms with E-state index in [2.05, 4.69) is 4.37 Å². The highest BCUT2D eigenvalue weighted by Gasteiger charge is 2.21. The van der Waals surface area contributed by atoms with Crippen LogP contribution in [0.2, 0.25) is 0 Å². The lowest BCUT2D eigenvalue weighted by Crippen LogP contribution is -2.06. The standard InChI is InChI=1S/C21H21NO4S/c1-12-10-15(11-17(25-4)18(12)21(23)26-5)20-19(13(2)22-27-20)14-6-8-16(24-3)9-7-14/h6-11H,1-5H3. The summed E-state index contributed by atoms with van der Waals surface area (Å²) in [5.41, 5.74) is 5.27. The Morgan fingerprint density at radius 3 is 2.26 bits per heavy atom. The first-order valence-corrected chi connectivity index (χ1v) is 9.15. The number of esters is 1. The molecule has 5 nitrogen and oxygen atoms in total. The number of ether oxygens (including phenoxy) is 3. The Balaban J connectivity index is 2.15. The topological polar surface area (TPSA) is 57.7 Å². The quantitative estimate of drug-likeness (QED) is 0.587. The molecule has 0 N–H and O–H groups in total. The average Bonchev–Trinajstić information content (AvgIpc) is 3.08. The molecule has 27 heavy (non-hydrogen) atoms. The van der Waals surface area contributed by atoms with Gasteiger partial charge in [0.2, 0.25) is 0 Å². The third kappa shape index (κ3) is 3.53. The molecule has 0 saturated heterocycles. The Morgan fingerprint density at radius 1 is 0.963 bits per heavy atom. The highest BCUT2D eigenvalue weighted by Crippen LogP contribution is 2.41. The van der Waals surface area contributed by atoms with Crippen molar-refractivity contribution in [2.75, 3.05) is 21.3 Å². The van der Waals surface area contributed by atoms with Crippen molar-refractivity contribution >= 4 is 17.5 Å². The predicted molar refractivity (Wildman–Crippen MR) is 107 cm³/mol. The fourth-order valence-electron chi connectivity index (χ4n) is 3.07. The molecular weight excluding hydrogens is 362 g/mol. The van der Waals surface area contributed by atoms with E-state index in [-0.39, 0.29) is 0 Å². The van der Waals surface area contributed by atoms with Crippen LogP contribution in [-0.2, 0) is 4.74 Å². The smallest absolute Gasteiger partial charge is 0.341 e. The third-order valence-electron chi connectivity index (χ3n) is 4.41. The number of aryl methyl sites for hydroxylation is 2. The average molecular weight is 383 g/mol. The molecule has 0 spiro atoms. The summed E-state index contributed by atoms with van der Waals surface area (Å²) in [7, 11) is 4.56. The van der Waals surface area contributed by atoms with Gasteiger partial charge in [-0.15, -0.1) is 0 Å². The van der Waals surface area contributed by atoms with Gasteiger partial charge in [-0.05, 0) is 66.3 Å². The second-order valence-electron chi connectivity index (χ2n) is 6.06. The highest BCUT2D eigenvalue weighted by molar-refractivity contribution is 7.10. The van der Waals surface area contributed by atoms with Crippen LogP contribution in [0.15, 0.2) is 36.4 Å². The van der Waals surface area contributed by atoms with Crippen molar-refractivity contribution in [3.8, 4) is 33.1 Å². The van der Waals surface area contributed by atoms with Gasteiger partial charge < -0.3 is 14.2 Å². The van der Waals surface area contributed by atoms with E-state index < -0.39 is 5.97 Å². The number of carbonyl (C=O) groups excluding carboxylic acids is 1. The van der Waals surface area contributed by atoms with Crippen molar-refractivity contribution in [2.45, 2.75) is 13.8 Å². The fraction of sp³-hybridized carbons (Fsp3) is 0.238. The lowest BCUT2D eigenvalue weighted by Gasteiger charge is -2.13. The molecule has 1 aromatic heterocycles. The van der Waals surface area contributed by atoms with Gasteiger partial charge in [0.25, 0.3) is 0 Å². The van der Waals surface area contributed by atoms with Gasteiger partial charge >= 0.3 is 5.97 Å². The fourth-order valence-corrected chi connectivity index (χ4v) is 3.97. The normalized spacial score (nSPS) is 10.6. The molecule has 0 aliphatic heterocycles. The van der Waals surface area contributed by atoms with Crippen LogP contribution < -0.4 is 9.47 Å². The van der Waals surface area contributed by atoms with Crippen molar-refractivity contribution in [1.29, 1.82) is 0 Å². The van der Waals surface area contributed by atoms with Gasteiger partial charge in [-0.1, -0.05) is 12.1 Å². The molecule has 3 rings (SSSR count). The molecule has 0 aliphatic rings. The van der Waals surface area contributed by atoms with Crippen LogP contribution in [0, 0.1) is 13.8 Å². The van der Waals surface area contributed by atoms with Crippen LogP contribution >= 0.6 is 11.5 Å². The van der Waals surface area contributed by atoms with Crippen LogP contribution in [0.5, 0.6) is 11.5 Å². The second kappa shape index (κ2) is 7.80. The molecule has 0 saturated carbocycles. The molecule has 2 aromatic carbocycles. The second-order valence-corrected chi connectivity index (χ2v) is 6.84. The summed E-state index contributed by atoms with van der Waals surface area (Å²) >= 11 is 1.43. The first-order chi connectivity index (χ1) is 13.0. The minimum absolute atomic E-state index is 0.410. The molecule has 0 atom stereocenters. The number of aromatic nitrogens is 1. The molecule has 0 unspecified atom stereocenters. The summed E-state index contributed by atoms with van der Waals surface area (Å²) in [6.07, 6.45) is 0. The molecule has 0 radical (unpaired) electrons. The van der Waals surface area contributed by atoms with E-state index >= 15 is 0 Å². The van der Waals surface area contributed by atoms with Crippen LogP contribution in [0.25, 0.3) is 21.6 Å².